The fourth-order valence-corrected chi connectivity index (χ4v) is 5.22. The van der Waals surface area contributed by atoms with Crippen molar-refractivity contribution >= 4 is 28.1 Å². The van der Waals surface area contributed by atoms with Gasteiger partial charge in [0.1, 0.15) is 11.6 Å². The summed E-state index contributed by atoms with van der Waals surface area (Å²) in [6.45, 7) is 5.26. The van der Waals surface area contributed by atoms with E-state index in [1.54, 1.807) is 30.5 Å². The number of anilines is 3. The van der Waals surface area contributed by atoms with E-state index < -0.39 is 0 Å². The molecule has 9 nitrogen and oxygen atoms in total. The van der Waals surface area contributed by atoms with Gasteiger partial charge in [0.25, 0.3) is 5.56 Å². The van der Waals surface area contributed by atoms with Crippen LogP contribution in [0.5, 0.6) is 0 Å². The standard InChI is InChI=1S/C29H31FN6O3/c30-23-15-19(18-35-11-13-39-14-12-35)1-3-22(23)25-16-26(28-24(33-25)5-8-31-29(28)38)34-27-4-2-20(17-32-27)36-9-6-21(37)7-10-36/h1-5,8,15-17,21,37H,6-7,9-14,18H2,(H,31,38)(H,32,33,34). The van der Waals surface area contributed by atoms with Crippen molar-refractivity contribution in [1.82, 2.24) is 19.9 Å². The summed E-state index contributed by atoms with van der Waals surface area (Å²) in [5, 5.41) is 13.4. The van der Waals surface area contributed by atoms with Crippen LogP contribution in [-0.4, -0.2) is 70.5 Å². The molecule has 39 heavy (non-hydrogen) atoms. The monoisotopic (exact) mass is 530 g/mol. The molecule has 0 bridgehead atoms. The van der Waals surface area contributed by atoms with Crippen molar-refractivity contribution in [3.63, 3.8) is 0 Å². The van der Waals surface area contributed by atoms with Crippen LogP contribution in [0.4, 0.5) is 21.6 Å². The molecule has 0 saturated carbocycles. The number of morpholine rings is 1. The number of rotatable bonds is 6. The van der Waals surface area contributed by atoms with E-state index >= 15 is 4.39 Å². The van der Waals surface area contributed by atoms with Gasteiger partial charge in [-0.2, -0.15) is 0 Å². The first-order valence-corrected chi connectivity index (χ1v) is 13.3. The number of aromatic amines is 1. The Morgan fingerprint density at radius 2 is 1.90 bits per heavy atom. The molecule has 10 heteroatoms. The van der Waals surface area contributed by atoms with Crippen LogP contribution in [0.2, 0.25) is 0 Å². The van der Waals surface area contributed by atoms with Crippen molar-refractivity contribution in [2.45, 2.75) is 25.5 Å². The number of pyridine rings is 3. The number of halogens is 1. The van der Waals surface area contributed by atoms with Crippen LogP contribution in [0, 0.1) is 5.82 Å². The third-order valence-electron chi connectivity index (χ3n) is 7.39. The van der Waals surface area contributed by atoms with Crippen molar-refractivity contribution in [3.8, 4) is 11.3 Å². The van der Waals surface area contributed by atoms with E-state index in [-0.39, 0.29) is 17.5 Å². The molecule has 2 saturated heterocycles. The lowest BCUT2D eigenvalue weighted by Crippen LogP contribution is -2.35. The normalized spacial score (nSPS) is 17.0. The molecule has 2 aliphatic heterocycles. The SMILES string of the molecule is O=c1[nH]ccc2nc(-c3ccc(CN4CCOCC4)cc3F)cc(Nc3ccc(N4CCC(O)CC4)cn3)c12. The second-order valence-electron chi connectivity index (χ2n) is 10.1. The summed E-state index contributed by atoms with van der Waals surface area (Å²) in [5.41, 5.74) is 3.31. The Morgan fingerprint density at radius 1 is 1.08 bits per heavy atom. The third kappa shape index (κ3) is 5.63. The molecule has 0 spiro atoms. The van der Waals surface area contributed by atoms with Gasteiger partial charge in [-0.1, -0.05) is 6.07 Å². The van der Waals surface area contributed by atoms with Gasteiger partial charge >= 0.3 is 0 Å². The van der Waals surface area contributed by atoms with Gasteiger partial charge in [0.05, 0.1) is 53.5 Å². The van der Waals surface area contributed by atoms with Crippen LogP contribution in [0.3, 0.4) is 0 Å². The number of fused-ring (bicyclic) bond motifs is 1. The molecule has 202 valence electrons. The molecule has 3 aromatic heterocycles. The second kappa shape index (κ2) is 11.1. The molecule has 0 amide bonds. The summed E-state index contributed by atoms with van der Waals surface area (Å²) in [5.74, 6) is 0.191. The van der Waals surface area contributed by atoms with E-state index in [4.69, 9.17) is 4.74 Å². The molecule has 5 heterocycles. The van der Waals surface area contributed by atoms with Gasteiger partial charge in [0.15, 0.2) is 0 Å². The summed E-state index contributed by atoms with van der Waals surface area (Å²) in [4.78, 5) is 29.1. The Kier molecular flexibility index (Phi) is 7.23. The molecule has 0 radical (unpaired) electrons. The van der Waals surface area contributed by atoms with Crippen LogP contribution in [0.25, 0.3) is 22.2 Å². The first-order chi connectivity index (χ1) is 19.0. The largest absolute Gasteiger partial charge is 0.393 e. The van der Waals surface area contributed by atoms with E-state index in [1.165, 1.54) is 6.20 Å². The van der Waals surface area contributed by atoms with Gasteiger partial charge in [0.2, 0.25) is 0 Å². The van der Waals surface area contributed by atoms with Crippen molar-refractivity contribution in [2.75, 3.05) is 49.6 Å². The number of aromatic nitrogens is 3. The van der Waals surface area contributed by atoms with Gasteiger partial charge in [-0.05, 0) is 54.8 Å². The first-order valence-electron chi connectivity index (χ1n) is 13.3. The van der Waals surface area contributed by atoms with Crippen molar-refractivity contribution in [1.29, 1.82) is 0 Å². The number of aliphatic hydroxyl groups excluding tert-OH is 1. The van der Waals surface area contributed by atoms with Crippen molar-refractivity contribution in [3.05, 3.63) is 76.6 Å². The highest BCUT2D eigenvalue weighted by atomic mass is 19.1. The van der Waals surface area contributed by atoms with Crippen LogP contribution >= 0.6 is 0 Å². The van der Waals surface area contributed by atoms with E-state index in [0.29, 0.717) is 53.4 Å². The maximum absolute atomic E-state index is 15.4. The molecule has 6 rings (SSSR count). The lowest BCUT2D eigenvalue weighted by atomic mass is 10.0. The lowest BCUT2D eigenvalue weighted by Gasteiger charge is -2.31. The summed E-state index contributed by atoms with van der Waals surface area (Å²) in [6.07, 6.45) is 4.54. The average Bonchev–Trinajstić information content (AvgIpc) is 2.94. The zero-order valence-electron chi connectivity index (χ0n) is 21.6. The number of hydrogen-bond acceptors (Lipinski definition) is 8. The number of aliphatic hydroxyl groups is 1. The number of piperidine rings is 1. The van der Waals surface area contributed by atoms with Crippen LogP contribution in [0.1, 0.15) is 18.4 Å². The second-order valence-corrected chi connectivity index (χ2v) is 10.1. The highest BCUT2D eigenvalue weighted by Gasteiger charge is 2.19. The van der Waals surface area contributed by atoms with Gasteiger partial charge < -0.3 is 25.0 Å². The summed E-state index contributed by atoms with van der Waals surface area (Å²) >= 11 is 0. The fraction of sp³-hybridized carbons (Fsp3) is 0.345. The van der Waals surface area contributed by atoms with Crippen molar-refractivity contribution in [2.24, 2.45) is 0 Å². The van der Waals surface area contributed by atoms with Gasteiger partial charge in [-0.15, -0.1) is 0 Å². The molecule has 2 fully saturated rings. The maximum Gasteiger partial charge on any atom is 0.259 e. The quantitative estimate of drug-likeness (QED) is 0.347. The number of ether oxygens (including phenoxy) is 1. The van der Waals surface area contributed by atoms with E-state index in [9.17, 15) is 9.90 Å². The topological polar surface area (TPSA) is 107 Å². The van der Waals surface area contributed by atoms with Crippen molar-refractivity contribution < 1.29 is 14.2 Å². The number of hydrogen-bond donors (Lipinski definition) is 3. The van der Waals surface area contributed by atoms with E-state index in [2.05, 4.69) is 30.1 Å². The van der Waals surface area contributed by atoms with Crippen LogP contribution < -0.4 is 15.8 Å². The highest BCUT2D eigenvalue weighted by molar-refractivity contribution is 5.94. The van der Waals surface area contributed by atoms with Gasteiger partial charge in [0, 0.05) is 44.5 Å². The minimum absolute atomic E-state index is 0.242. The molecule has 2 aliphatic rings. The Labute approximate surface area is 225 Å². The highest BCUT2D eigenvalue weighted by Crippen LogP contribution is 2.31. The Bertz CT molecular complexity index is 1510. The van der Waals surface area contributed by atoms with Crippen LogP contribution in [-0.2, 0) is 11.3 Å². The minimum Gasteiger partial charge on any atom is -0.393 e. The molecule has 0 atom stereocenters. The molecule has 0 aliphatic carbocycles. The number of H-pyrrole nitrogens is 1. The Hall–Kier alpha value is -3.86. The number of nitrogens with one attached hydrogen (secondary N) is 2. The molecule has 3 N–H and O–H groups in total. The fourth-order valence-electron chi connectivity index (χ4n) is 5.22. The van der Waals surface area contributed by atoms with E-state index in [0.717, 1.165) is 50.3 Å². The number of benzene rings is 1. The zero-order valence-corrected chi connectivity index (χ0v) is 21.6. The summed E-state index contributed by atoms with van der Waals surface area (Å²) in [7, 11) is 0. The zero-order chi connectivity index (χ0) is 26.8. The predicted octanol–water partition coefficient (Wildman–Crippen LogP) is 3.66. The maximum atomic E-state index is 15.4. The third-order valence-corrected chi connectivity index (χ3v) is 7.39. The number of nitrogens with zero attached hydrogens (tertiary/aromatic N) is 4. The van der Waals surface area contributed by atoms with Crippen LogP contribution in [0.15, 0.2) is 59.7 Å². The van der Waals surface area contributed by atoms with Gasteiger partial charge in [-0.3, -0.25) is 9.69 Å². The smallest absolute Gasteiger partial charge is 0.259 e. The first kappa shape index (κ1) is 25.4. The Balaban J connectivity index is 1.29. The lowest BCUT2D eigenvalue weighted by molar-refractivity contribution is 0.0341. The molecule has 4 aromatic rings. The minimum atomic E-state index is -0.363. The predicted molar refractivity (Wildman–Crippen MR) is 149 cm³/mol. The molecule has 1 aromatic carbocycles. The van der Waals surface area contributed by atoms with Gasteiger partial charge in [-0.25, -0.2) is 14.4 Å². The molecular weight excluding hydrogens is 499 g/mol. The summed E-state index contributed by atoms with van der Waals surface area (Å²) < 4.78 is 20.8. The molecule has 0 unspecified atom stereocenters. The average molecular weight is 531 g/mol. The Morgan fingerprint density at radius 3 is 2.64 bits per heavy atom. The summed E-state index contributed by atoms with van der Waals surface area (Å²) in [6, 6.07) is 12.4. The molecular formula is C29H31FN6O3. The van der Waals surface area contributed by atoms with E-state index in [1.807, 2.05) is 18.2 Å².